The minimum absolute atomic E-state index is 0.744. The van der Waals surface area contributed by atoms with Crippen molar-refractivity contribution in [2.24, 2.45) is 0 Å². The summed E-state index contributed by atoms with van der Waals surface area (Å²) < 4.78 is 0.845. The summed E-state index contributed by atoms with van der Waals surface area (Å²) in [5.41, 5.74) is 2.07. The van der Waals surface area contributed by atoms with Gasteiger partial charge in [-0.3, -0.25) is 0 Å². The Hall–Kier alpha value is -0.940. The van der Waals surface area contributed by atoms with Gasteiger partial charge in [0, 0.05) is 5.38 Å². The van der Waals surface area contributed by atoms with E-state index in [1.807, 2.05) is 19.1 Å². The largest absolute Gasteiger partial charge is 0.378 e. The van der Waals surface area contributed by atoms with Crippen LogP contribution in [0.5, 0.6) is 0 Å². The van der Waals surface area contributed by atoms with Gasteiger partial charge in [0.2, 0.25) is 0 Å². The second-order valence-electron chi connectivity index (χ2n) is 3.08. The van der Waals surface area contributed by atoms with E-state index in [0.717, 1.165) is 27.5 Å². The third-order valence-electron chi connectivity index (χ3n) is 1.87. The third-order valence-corrected chi connectivity index (χ3v) is 3.16. The maximum Gasteiger partial charge on any atom is 0.106 e. The van der Waals surface area contributed by atoms with Crippen molar-refractivity contribution in [2.75, 3.05) is 5.32 Å². The lowest BCUT2D eigenvalue weighted by atomic mass is 10.4. The Morgan fingerprint density at radius 2 is 2.33 bits per heavy atom. The molecule has 0 fully saturated rings. The molecule has 0 aliphatic carbocycles. The van der Waals surface area contributed by atoms with Crippen LogP contribution in [0.1, 0.15) is 10.7 Å². The normalized spacial score (nSPS) is 10.3. The number of pyridine rings is 1. The zero-order valence-electron chi connectivity index (χ0n) is 8.20. The van der Waals surface area contributed by atoms with Crippen LogP contribution < -0.4 is 5.32 Å². The van der Waals surface area contributed by atoms with E-state index in [1.54, 1.807) is 17.5 Å². The number of aromatic nitrogens is 2. The molecule has 0 spiro atoms. The Labute approximate surface area is 101 Å². The van der Waals surface area contributed by atoms with Crippen molar-refractivity contribution in [1.29, 1.82) is 0 Å². The molecule has 0 aliphatic heterocycles. The molecule has 0 saturated carbocycles. The molecule has 0 aromatic carbocycles. The monoisotopic (exact) mass is 283 g/mol. The third kappa shape index (κ3) is 3.00. The van der Waals surface area contributed by atoms with Gasteiger partial charge in [-0.2, -0.15) is 0 Å². The number of nitrogens with zero attached hydrogens (tertiary/aromatic N) is 2. The van der Waals surface area contributed by atoms with Gasteiger partial charge in [-0.1, -0.05) is 0 Å². The summed E-state index contributed by atoms with van der Waals surface area (Å²) in [4.78, 5) is 8.50. The molecule has 0 saturated heterocycles. The maximum absolute atomic E-state index is 4.37. The Kier molecular flexibility index (Phi) is 3.33. The minimum Gasteiger partial charge on any atom is -0.378 e. The molecular formula is C10H10BrN3S. The fourth-order valence-corrected chi connectivity index (χ4v) is 2.01. The van der Waals surface area contributed by atoms with Crippen LogP contribution in [0.3, 0.4) is 0 Å². The van der Waals surface area contributed by atoms with Gasteiger partial charge >= 0.3 is 0 Å². The fourth-order valence-electron chi connectivity index (χ4n) is 1.16. The first-order valence-electron chi connectivity index (χ1n) is 4.50. The molecule has 2 aromatic rings. The fraction of sp³-hybridized carbons (Fsp3) is 0.200. The maximum atomic E-state index is 4.37. The van der Waals surface area contributed by atoms with Crippen molar-refractivity contribution < 1.29 is 0 Å². The molecule has 15 heavy (non-hydrogen) atoms. The highest BCUT2D eigenvalue weighted by Crippen LogP contribution is 2.13. The number of hydrogen-bond acceptors (Lipinski definition) is 4. The second-order valence-corrected chi connectivity index (χ2v) is 4.96. The molecule has 0 amide bonds. The molecule has 2 heterocycles. The Morgan fingerprint density at radius 1 is 1.47 bits per heavy atom. The van der Waals surface area contributed by atoms with Crippen molar-refractivity contribution in [3.8, 4) is 0 Å². The van der Waals surface area contributed by atoms with Gasteiger partial charge in [-0.05, 0) is 35.0 Å². The summed E-state index contributed by atoms with van der Waals surface area (Å²) in [6.07, 6.45) is 1.79. The summed E-state index contributed by atoms with van der Waals surface area (Å²) >= 11 is 4.96. The van der Waals surface area contributed by atoms with E-state index < -0.39 is 0 Å². The van der Waals surface area contributed by atoms with Crippen molar-refractivity contribution in [1.82, 2.24) is 9.97 Å². The number of nitrogens with one attached hydrogen (secondary N) is 1. The van der Waals surface area contributed by atoms with Crippen LogP contribution >= 0.6 is 27.3 Å². The van der Waals surface area contributed by atoms with Gasteiger partial charge in [0.1, 0.15) is 4.60 Å². The average Bonchev–Trinajstić information content (AvgIpc) is 2.64. The average molecular weight is 284 g/mol. The highest BCUT2D eigenvalue weighted by molar-refractivity contribution is 9.10. The number of halogens is 1. The summed E-state index contributed by atoms with van der Waals surface area (Å²) in [6, 6.07) is 3.89. The van der Waals surface area contributed by atoms with Gasteiger partial charge in [0.25, 0.3) is 0 Å². The summed E-state index contributed by atoms with van der Waals surface area (Å²) in [5, 5.41) is 6.42. The van der Waals surface area contributed by atoms with Crippen LogP contribution in [0.4, 0.5) is 5.69 Å². The van der Waals surface area contributed by atoms with E-state index in [9.17, 15) is 0 Å². The highest BCUT2D eigenvalue weighted by atomic mass is 79.9. The van der Waals surface area contributed by atoms with E-state index in [4.69, 9.17) is 0 Å². The number of rotatable bonds is 3. The predicted octanol–water partition coefficient (Wildman–Crippen LogP) is 3.22. The molecule has 1 N–H and O–H groups in total. The smallest absolute Gasteiger partial charge is 0.106 e. The molecule has 78 valence electrons. The van der Waals surface area contributed by atoms with Crippen LogP contribution in [0.15, 0.2) is 28.3 Å². The molecule has 0 aliphatic rings. The Bertz CT molecular complexity index is 438. The van der Waals surface area contributed by atoms with Crippen molar-refractivity contribution >= 4 is 33.0 Å². The number of thiazole rings is 1. The predicted molar refractivity (Wildman–Crippen MR) is 66.1 cm³/mol. The van der Waals surface area contributed by atoms with Crippen LogP contribution in [0, 0.1) is 6.92 Å². The minimum atomic E-state index is 0.744. The second kappa shape index (κ2) is 4.72. The van der Waals surface area contributed by atoms with Gasteiger partial charge in [0.15, 0.2) is 0 Å². The molecule has 0 atom stereocenters. The van der Waals surface area contributed by atoms with Gasteiger partial charge in [0.05, 0.1) is 29.1 Å². The first-order chi connectivity index (χ1) is 7.24. The van der Waals surface area contributed by atoms with Crippen LogP contribution in [0.25, 0.3) is 0 Å². The Morgan fingerprint density at radius 3 is 2.93 bits per heavy atom. The summed E-state index contributed by atoms with van der Waals surface area (Å²) in [6.45, 7) is 2.75. The zero-order valence-corrected chi connectivity index (χ0v) is 10.6. The molecule has 0 radical (unpaired) electrons. The zero-order chi connectivity index (χ0) is 10.7. The lowest BCUT2D eigenvalue weighted by Crippen LogP contribution is -1.99. The molecular weight excluding hydrogens is 274 g/mol. The number of hydrogen-bond donors (Lipinski definition) is 1. The lowest BCUT2D eigenvalue weighted by molar-refractivity contribution is 1.05. The SMILES string of the molecule is Cc1nc(CNc2ccc(Br)nc2)cs1. The van der Waals surface area contributed by atoms with E-state index in [1.165, 1.54) is 0 Å². The Balaban J connectivity index is 1.96. The summed E-state index contributed by atoms with van der Waals surface area (Å²) in [5.74, 6) is 0. The lowest BCUT2D eigenvalue weighted by Gasteiger charge is -2.03. The van der Waals surface area contributed by atoms with Gasteiger partial charge in [-0.15, -0.1) is 11.3 Å². The first kappa shape index (κ1) is 10.6. The van der Waals surface area contributed by atoms with E-state index in [2.05, 4.69) is 36.6 Å². The molecule has 2 rings (SSSR count). The molecule has 5 heteroatoms. The highest BCUT2D eigenvalue weighted by Gasteiger charge is 1.98. The van der Waals surface area contributed by atoms with Crippen molar-refractivity contribution in [3.05, 3.63) is 39.0 Å². The van der Waals surface area contributed by atoms with Crippen LogP contribution in [0.2, 0.25) is 0 Å². The van der Waals surface area contributed by atoms with Crippen LogP contribution in [-0.2, 0) is 6.54 Å². The van der Waals surface area contributed by atoms with Crippen LogP contribution in [-0.4, -0.2) is 9.97 Å². The van der Waals surface area contributed by atoms with Crippen molar-refractivity contribution in [2.45, 2.75) is 13.5 Å². The first-order valence-corrected chi connectivity index (χ1v) is 6.18. The van der Waals surface area contributed by atoms with Crippen molar-refractivity contribution in [3.63, 3.8) is 0 Å². The molecule has 2 aromatic heterocycles. The number of anilines is 1. The molecule has 0 unspecified atom stereocenters. The standard InChI is InChI=1S/C10H10BrN3S/c1-7-14-9(6-15-7)5-12-8-2-3-10(11)13-4-8/h2-4,6,12H,5H2,1H3. The van der Waals surface area contributed by atoms with E-state index in [-0.39, 0.29) is 0 Å². The topological polar surface area (TPSA) is 37.8 Å². The van der Waals surface area contributed by atoms with Gasteiger partial charge in [-0.25, -0.2) is 9.97 Å². The van der Waals surface area contributed by atoms with Gasteiger partial charge < -0.3 is 5.32 Å². The number of aryl methyl sites for hydroxylation is 1. The van der Waals surface area contributed by atoms with E-state index >= 15 is 0 Å². The molecule has 3 nitrogen and oxygen atoms in total. The molecule has 0 bridgehead atoms. The van der Waals surface area contributed by atoms with E-state index in [0.29, 0.717) is 0 Å². The summed E-state index contributed by atoms with van der Waals surface area (Å²) in [7, 11) is 0. The quantitative estimate of drug-likeness (QED) is 0.879.